The molecule has 4 saturated heterocycles. The summed E-state index contributed by atoms with van der Waals surface area (Å²) in [5.74, 6) is -2.33. The number of hydrogen-bond acceptors (Lipinski definition) is 10. The number of piperidine rings is 1. The number of carbonyl (C=O) groups excluding carboxylic acids is 2. The van der Waals surface area contributed by atoms with E-state index in [0.29, 0.717) is 49.2 Å². The number of nitrogens with zero attached hydrogens (tertiary/aromatic N) is 3. The van der Waals surface area contributed by atoms with Gasteiger partial charge in [-0.3, -0.25) is 19.4 Å². The first-order chi connectivity index (χ1) is 20.3. The number of Topliss-reactive ketones (excluding diaryl/α,β-unsaturated/α-hetero) is 1. The lowest BCUT2D eigenvalue weighted by Crippen LogP contribution is -2.52. The Labute approximate surface area is 260 Å². The van der Waals surface area contributed by atoms with E-state index in [1.54, 1.807) is 14.0 Å². The SMILES string of the molecule is COC1CC(N(C)C)CC(C)O1.CO[C@]1(O)CCCN(C)C(C2CC3CCC(C2)N3C(C)C)COC(=O)C(C)C(=O)CC1. The van der Waals surface area contributed by atoms with Crippen LogP contribution in [0.4, 0.5) is 0 Å². The molecule has 8 atom stereocenters. The van der Waals surface area contributed by atoms with Gasteiger partial charge in [-0.05, 0) is 99.8 Å². The number of ether oxygens (including phenoxy) is 4. The van der Waals surface area contributed by atoms with E-state index in [-0.39, 0.29) is 31.0 Å². The molecule has 250 valence electrons. The van der Waals surface area contributed by atoms with Crippen molar-refractivity contribution in [2.24, 2.45) is 11.8 Å². The van der Waals surface area contributed by atoms with Crippen LogP contribution >= 0.6 is 0 Å². The largest absolute Gasteiger partial charge is 0.463 e. The Bertz CT molecular complexity index is 875. The highest BCUT2D eigenvalue weighted by molar-refractivity contribution is 5.98. The van der Waals surface area contributed by atoms with Crippen LogP contribution in [0.3, 0.4) is 0 Å². The fourth-order valence-corrected chi connectivity index (χ4v) is 7.74. The molecule has 0 amide bonds. The molecule has 4 fully saturated rings. The second-order valence-electron chi connectivity index (χ2n) is 14.0. The number of cyclic esters (lactones) is 1. The maximum Gasteiger partial charge on any atom is 0.316 e. The van der Waals surface area contributed by atoms with E-state index >= 15 is 0 Å². The zero-order chi connectivity index (χ0) is 31.9. The van der Waals surface area contributed by atoms with Gasteiger partial charge in [-0.25, -0.2) is 0 Å². The van der Waals surface area contributed by atoms with Crippen molar-refractivity contribution in [3.05, 3.63) is 0 Å². The molecule has 7 unspecified atom stereocenters. The lowest BCUT2D eigenvalue weighted by atomic mass is 9.83. The Morgan fingerprint density at radius 2 is 1.67 bits per heavy atom. The molecule has 0 spiro atoms. The van der Waals surface area contributed by atoms with Crippen LogP contribution in [-0.4, -0.2) is 128 Å². The average Bonchev–Trinajstić information content (AvgIpc) is 3.25. The van der Waals surface area contributed by atoms with Gasteiger partial charge >= 0.3 is 5.97 Å². The van der Waals surface area contributed by atoms with Crippen LogP contribution in [0, 0.1) is 11.8 Å². The molecule has 4 aliphatic heterocycles. The van der Waals surface area contributed by atoms with Crippen LogP contribution in [0.5, 0.6) is 0 Å². The van der Waals surface area contributed by atoms with Gasteiger partial charge in [-0.2, -0.15) is 0 Å². The summed E-state index contributed by atoms with van der Waals surface area (Å²) >= 11 is 0. The van der Waals surface area contributed by atoms with Crippen molar-refractivity contribution in [1.82, 2.24) is 14.7 Å². The molecule has 4 aliphatic rings. The van der Waals surface area contributed by atoms with Gasteiger partial charge in [-0.15, -0.1) is 0 Å². The van der Waals surface area contributed by atoms with Crippen LogP contribution in [0.2, 0.25) is 0 Å². The number of ketones is 1. The predicted molar refractivity (Wildman–Crippen MR) is 167 cm³/mol. The second-order valence-corrected chi connectivity index (χ2v) is 14.0. The Kier molecular flexibility index (Phi) is 13.9. The first kappa shape index (κ1) is 36.3. The molecule has 4 rings (SSSR count). The average molecular weight is 612 g/mol. The third kappa shape index (κ3) is 9.92. The first-order valence-electron chi connectivity index (χ1n) is 16.6. The molecule has 2 bridgehead atoms. The molecule has 0 aromatic rings. The first-order valence-corrected chi connectivity index (χ1v) is 16.6. The summed E-state index contributed by atoms with van der Waals surface area (Å²) in [5.41, 5.74) is 0. The quantitative estimate of drug-likeness (QED) is 0.282. The number of fused-ring (bicyclic) bond motifs is 2. The zero-order valence-electron chi connectivity index (χ0n) is 28.4. The minimum Gasteiger partial charge on any atom is -0.463 e. The van der Waals surface area contributed by atoms with Gasteiger partial charge in [0.05, 0.1) is 6.10 Å². The maximum atomic E-state index is 12.6. The van der Waals surface area contributed by atoms with Crippen LogP contribution < -0.4 is 0 Å². The summed E-state index contributed by atoms with van der Waals surface area (Å²) in [6.45, 7) is 9.39. The summed E-state index contributed by atoms with van der Waals surface area (Å²) in [6, 6.07) is 2.50. The topological polar surface area (TPSA) is 101 Å². The molecule has 4 heterocycles. The minimum absolute atomic E-state index is 0.0128. The molecule has 0 radical (unpaired) electrons. The Balaban J connectivity index is 0.000000353. The zero-order valence-corrected chi connectivity index (χ0v) is 28.4. The Hall–Kier alpha value is -1.14. The molecule has 0 aliphatic carbocycles. The normalized spacial score (nSPS) is 39.0. The Morgan fingerprint density at radius 3 is 2.23 bits per heavy atom. The fourth-order valence-electron chi connectivity index (χ4n) is 7.74. The molecule has 10 heteroatoms. The van der Waals surface area contributed by atoms with Crippen molar-refractivity contribution in [3.8, 4) is 0 Å². The van der Waals surface area contributed by atoms with E-state index in [2.05, 4.69) is 56.6 Å². The molecule has 0 aromatic carbocycles. The van der Waals surface area contributed by atoms with Crippen molar-refractivity contribution in [2.75, 3.05) is 48.5 Å². The summed E-state index contributed by atoms with van der Waals surface area (Å²) in [5, 5.41) is 10.7. The Morgan fingerprint density at radius 1 is 1.02 bits per heavy atom. The maximum absolute atomic E-state index is 12.6. The number of rotatable bonds is 5. The highest BCUT2D eigenvalue weighted by Crippen LogP contribution is 2.42. The number of carbonyl (C=O) groups is 2. The predicted octanol–water partition coefficient (Wildman–Crippen LogP) is 3.68. The van der Waals surface area contributed by atoms with Crippen LogP contribution in [0.25, 0.3) is 0 Å². The van der Waals surface area contributed by atoms with Crippen LogP contribution in [0.15, 0.2) is 0 Å². The van der Waals surface area contributed by atoms with Gasteiger partial charge < -0.3 is 29.0 Å². The fraction of sp³-hybridized carbons (Fsp3) is 0.939. The van der Waals surface area contributed by atoms with E-state index < -0.39 is 17.7 Å². The minimum atomic E-state index is -1.33. The molecule has 0 saturated carbocycles. The molecular formula is C33H61N3O7. The van der Waals surface area contributed by atoms with Gasteiger partial charge in [0.2, 0.25) is 0 Å². The van der Waals surface area contributed by atoms with Crippen LogP contribution in [0.1, 0.15) is 91.9 Å². The van der Waals surface area contributed by atoms with Gasteiger partial charge in [0.1, 0.15) is 18.3 Å². The van der Waals surface area contributed by atoms with E-state index in [1.165, 1.54) is 20.0 Å². The molecule has 1 N–H and O–H groups in total. The third-order valence-corrected chi connectivity index (χ3v) is 10.4. The molecule has 0 aromatic heterocycles. The van der Waals surface area contributed by atoms with Crippen molar-refractivity contribution < 1.29 is 33.6 Å². The molecule has 43 heavy (non-hydrogen) atoms. The van der Waals surface area contributed by atoms with E-state index in [9.17, 15) is 14.7 Å². The van der Waals surface area contributed by atoms with Crippen molar-refractivity contribution in [2.45, 2.75) is 140 Å². The second kappa shape index (κ2) is 16.4. The number of methoxy groups -OCH3 is 2. The standard InChI is InChI=1S/C24H42N2O5.C9H19NO2/c1-16(2)26-19-7-8-20(26)14-18(13-19)21-15-31-23(28)17(3)22(27)9-11-24(29,30-5)10-6-12-25(21)4;1-7-5-8(10(2)3)6-9(11-4)12-7/h16-21,29H,6-15H2,1-5H3;7-9H,5-6H2,1-4H3/t17?,18?,19?,20?,21?,24-;/m1./s1. The van der Waals surface area contributed by atoms with Crippen molar-refractivity contribution in [1.29, 1.82) is 0 Å². The summed E-state index contributed by atoms with van der Waals surface area (Å²) < 4.78 is 21.8. The van der Waals surface area contributed by atoms with Gasteiger partial charge in [0.25, 0.3) is 0 Å². The monoisotopic (exact) mass is 611 g/mol. The highest BCUT2D eigenvalue weighted by atomic mass is 16.7. The lowest BCUT2D eigenvalue weighted by Gasteiger charge is -2.45. The molecular weight excluding hydrogens is 550 g/mol. The number of likely N-dealkylation sites (N-methyl/N-ethyl adjacent to an activating group) is 1. The smallest absolute Gasteiger partial charge is 0.316 e. The lowest BCUT2D eigenvalue weighted by molar-refractivity contribution is -0.196. The van der Waals surface area contributed by atoms with E-state index in [0.717, 1.165) is 38.6 Å². The third-order valence-electron chi connectivity index (χ3n) is 10.4. The van der Waals surface area contributed by atoms with Crippen molar-refractivity contribution in [3.63, 3.8) is 0 Å². The summed E-state index contributed by atoms with van der Waals surface area (Å²) in [6.07, 6.45) is 8.67. The number of aliphatic hydroxyl groups is 1. The number of esters is 1. The van der Waals surface area contributed by atoms with Crippen LogP contribution in [-0.2, 0) is 28.5 Å². The van der Waals surface area contributed by atoms with Gasteiger partial charge in [0.15, 0.2) is 12.1 Å². The van der Waals surface area contributed by atoms with Gasteiger partial charge in [0, 0.05) is 70.1 Å². The summed E-state index contributed by atoms with van der Waals surface area (Å²) in [4.78, 5) is 32.3. The van der Waals surface area contributed by atoms with E-state index in [4.69, 9.17) is 18.9 Å². The highest BCUT2D eigenvalue weighted by Gasteiger charge is 2.45. The van der Waals surface area contributed by atoms with E-state index in [1.807, 2.05) is 0 Å². The number of hydrogen-bond donors (Lipinski definition) is 1. The van der Waals surface area contributed by atoms with Gasteiger partial charge in [-0.1, -0.05) is 0 Å². The summed E-state index contributed by atoms with van der Waals surface area (Å²) in [7, 11) is 9.49. The van der Waals surface area contributed by atoms with Crippen molar-refractivity contribution >= 4 is 11.8 Å². The molecule has 10 nitrogen and oxygen atoms in total.